The van der Waals surface area contributed by atoms with E-state index in [1.54, 1.807) is 5.30 Å². The van der Waals surface area contributed by atoms with E-state index >= 15 is 0 Å². The summed E-state index contributed by atoms with van der Waals surface area (Å²) in [7, 11) is -0.0758. The zero-order valence-electron chi connectivity index (χ0n) is 15.0. The summed E-state index contributed by atoms with van der Waals surface area (Å²) in [5.74, 6) is 0. The molecule has 1 fully saturated rings. The lowest BCUT2D eigenvalue weighted by Gasteiger charge is -2.23. The second kappa shape index (κ2) is 7.14. The van der Waals surface area contributed by atoms with Gasteiger partial charge in [-0.1, -0.05) is 82.4 Å². The molecule has 0 aliphatic carbocycles. The first-order valence-electron chi connectivity index (χ1n) is 9.26. The highest BCUT2D eigenvalue weighted by molar-refractivity contribution is 7.67. The second-order valence-electron chi connectivity index (χ2n) is 7.18. The van der Waals surface area contributed by atoms with Crippen molar-refractivity contribution in [3.05, 3.63) is 78.9 Å². The first kappa shape index (κ1) is 16.6. The molecule has 3 aromatic rings. The first-order valence-corrected chi connectivity index (χ1v) is 10.7. The van der Waals surface area contributed by atoms with Crippen LogP contribution < -0.4 is 5.30 Å². The van der Waals surface area contributed by atoms with E-state index in [2.05, 4.69) is 92.7 Å². The predicted molar refractivity (Wildman–Crippen MR) is 112 cm³/mol. The lowest BCUT2D eigenvalue weighted by molar-refractivity contribution is 0.777. The molecule has 4 rings (SSSR count). The van der Waals surface area contributed by atoms with Gasteiger partial charge in [-0.25, -0.2) is 0 Å². The Balaban J connectivity index is 1.86. The molecule has 1 aliphatic heterocycles. The van der Waals surface area contributed by atoms with E-state index in [9.17, 15) is 0 Å². The van der Waals surface area contributed by atoms with Gasteiger partial charge in [0.1, 0.15) is 0 Å². The van der Waals surface area contributed by atoms with Gasteiger partial charge in [0.05, 0.1) is 0 Å². The van der Waals surface area contributed by atoms with E-state index in [0.717, 1.165) is 11.3 Å². The molecule has 0 bridgehead atoms. The Hall–Kier alpha value is -1.91. The number of rotatable bonds is 3. The molecule has 1 heteroatoms. The van der Waals surface area contributed by atoms with Gasteiger partial charge in [0.2, 0.25) is 0 Å². The highest BCUT2D eigenvalue weighted by Crippen LogP contribution is 2.54. The monoisotopic (exact) mass is 344 g/mol. The van der Waals surface area contributed by atoms with Gasteiger partial charge >= 0.3 is 0 Å². The fourth-order valence-electron chi connectivity index (χ4n) is 4.06. The predicted octanol–water partition coefficient (Wildman–Crippen LogP) is 6.70. The van der Waals surface area contributed by atoms with Gasteiger partial charge in [0.15, 0.2) is 0 Å². The summed E-state index contributed by atoms with van der Waals surface area (Å²) >= 11 is 0. The lowest BCUT2D eigenvalue weighted by Crippen LogP contribution is -2.11. The Morgan fingerprint density at radius 2 is 1.04 bits per heavy atom. The van der Waals surface area contributed by atoms with Crippen molar-refractivity contribution in [3.8, 4) is 22.3 Å². The third-order valence-electron chi connectivity index (χ3n) is 5.38. The summed E-state index contributed by atoms with van der Waals surface area (Å²) in [4.78, 5) is 0. The molecule has 1 aliphatic rings. The SMILES string of the molecule is C[C@H]1CC[C@H](C)P1c1cc(-c2ccccc2)cc(-c2ccccc2)c1. The van der Waals surface area contributed by atoms with Crippen LogP contribution in [-0.2, 0) is 0 Å². The zero-order valence-corrected chi connectivity index (χ0v) is 15.9. The highest BCUT2D eigenvalue weighted by atomic mass is 31.1. The molecular formula is C24H25P. The van der Waals surface area contributed by atoms with Crippen LogP contribution >= 0.6 is 7.92 Å². The number of hydrogen-bond acceptors (Lipinski definition) is 0. The van der Waals surface area contributed by atoms with Crippen molar-refractivity contribution in [2.45, 2.75) is 38.0 Å². The van der Waals surface area contributed by atoms with Crippen LogP contribution in [0.25, 0.3) is 22.3 Å². The maximum Gasteiger partial charge on any atom is -0.0172 e. The van der Waals surface area contributed by atoms with Crippen LogP contribution in [-0.4, -0.2) is 11.3 Å². The minimum absolute atomic E-state index is 0.0758. The molecule has 0 aromatic heterocycles. The van der Waals surface area contributed by atoms with Gasteiger partial charge in [-0.3, -0.25) is 0 Å². The van der Waals surface area contributed by atoms with E-state index in [1.807, 2.05) is 0 Å². The van der Waals surface area contributed by atoms with Crippen LogP contribution in [0.15, 0.2) is 78.9 Å². The van der Waals surface area contributed by atoms with E-state index in [0.29, 0.717) is 0 Å². The van der Waals surface area contributed by atoms with Gasteiger partial charge in [-0.2, -0.15) is 0 Å². The Morgan fingerprint density at radius 1 is 0.600 bits per heavy atom. The third kappa shape index (κ3) is 3.42. The minimum atomic E-state index is -0.0758. The van der Waals surface area contributed by atoms with Crippen molar-refractivity contribution < 1.29 is 0 Å². The average Bonchev–Trinajstić information content (AvgIpc) is 3.01. The molecular weight excluding hydrogens is 319 g/mol. The van der Waals surface area contributed by atoms with E-state index in [4.69, 9.17) is 0 Å². The molecule has 25 heavy (non-hydrogen) atoms. The summed E-state index contributed by atoms with van der Waals surface area (Å²) in [6.45, 7) is 4.90. The van der Waals surface area contributed by atoms with E-state index in [-0.39, 0.29) is 7.92 Å². The molecule has 0 nitrogen and oxygen atoms in total. The first-order chi connectivity index (χ1) is 12.2. The number of hydrogen-bond donors (Lipinski definition) is 0. The Bertz CT molecular complexity index is 771. The zero-order chi connectivity index (χ0) is 17.2. The fourth-order valence-corrected chi connectivity index (χ4v) is 7.38. The Labute approximate surface area is 152 Å². The van der Waals surface area contributed by atoms with E-state index < -0.39 is 0 Å². The largest absolute Gasteiger partial charge is 0.0695 e. The summed E-state index contributed by atoms with van der Waals surface area (Å²) in [6, 6.07) is 28.9. The molecule has 2 atom stereocenters. The van der Waals surface area contributed by atoms with E-state index in [1.165, 1.54) is 35.1 Å². The van der Waals surface area contributed by atoms with Crippen LogP contribution in [0.2, 0.25) is 0 Å². The summed E-state index contributed by atoms with van der Waals surface area (Å²) < 4.78 is 0. The van der Waals surface area contributed by atoms with Crippen LogP contribution in [0, 0.1) is 0 Å². The fraction of sp³-hybridized carbons (Fsp3) is 0.250. The molecule has 0 unspecified atom stereocenters. The molecule has 1 heterocycles. The quantitative estimate of drug-likeness (QED) is 0.464. The van der Waals surface area contributed by atoms with Gasteiger partial charge in [0.25, 0.3) is 0 Å². The van der Waals surface area contributed by atoms with Gasteiger partial charge in [0, 0.05) is 0 Å². The molecule has 3 aromatic carbocycles. The molecule has 0 N–H and O–H groups in total. The molecule has 1 saturated heterocycles. The van der Waals surface area contributed by atoms with Crippen LogP contribution in [0.5, 0.6) is 0 Å². The third-order valence-corrected chi connectivity index (χ3v) is 8.65. The highest BCUT2D eigenvalue weighted by Gasteiger charge is 2.31. The van der Waals surface area contributed by atoms with Crippen molar-refractivity contribution in [3.63, 3.8) is 0 Å². The van der Waals surface area contributed by atoms with Crippen molar-refractivity contribution in [1.82, 2.24) is 0 Å². The smallest absolute Gasteiger partial charge is 0.0172 e. The van der Waals surface area contributed by atoms with Crippen LogP contribution in [0.3, 0.4) is 0 Å². The maximum absolute atomic E-state index is 2.46. The lowest BCUT2D eigenvalue weighted by atomic mass is 9.99. The van der Waals surface area contributed by atoms with Gasteiger partial charge in [-0.15, -0.1) is 0 Å². The molecule has 0 saturated carbocycles. The molecule has 0 amide bonds. The molecule has 126 valence electrons. The molecule has 0 spiro atoms. The maximum atomic E-state index is 2.46. The normalized spacial score (nSPS) is 20.7. The molecule has 0 radical (unpaired) electrons. The second-order valence-corrected chi connectivity index (χ2v) is 10.3. The number of benzene rings is 3. The topological polar surface area (TPSA) is 0 Å². The van der Waals surface area contributed by atoms with Gasteiger partial charge in [-0.05, 0) is 69.9 Å². The Kier molecular flexibility index (Phi) is 4.73. The summed E-state index contributed by atoms with van der Waals surface area (Å²) in [5.41, 5.74) is 7.00. The van der Waals surface area contributed by atoms with Gasteiger partial charge < -0.3 is 0 Å². The van der Waals surface area contributed by atoms with Crippen LogP contribution in [0.4, 0.5) is 0 Å². The Morgan fingerprint density at radius 3 is 1.48 bits per heavy atom. The van der Waals surface area contributed by atoms with Crippen molar-refractivity contribution >= 4 is 13.2 Å². The van der Waals surface area contributed by atoms with Crippen molar-refractivity contribution in [2.24, 2.45) is 0 Å². The van der Waals surface area contributed by atoms with Crippen molar-refractivity contribution in [2.75, 3.05) is 0 Å². The van der Waals surface area contributed by atoms with Crippen LogP contribution in [0.1, 0.15) is 26.7 Å². The summed E-state index contributed by atoms with van der Waals surface area (Å²) in [6.07, 6.45) is 2.76. The summed E-state index contributed by atoms with van der Waals surface area (Å²) in [5, 5.41) is 1.58. The average molecular weight is 344 g/mol. The standard InChI is InChI=1S/C24H25P/c1-18-13-14-19(2)25(18)24-16-22(20-9-5-3-6-10-20)15-23(17-24)21-11-7-4-8-12-21/h3-12,15-19H,13-14H2,1-2H3/t18-,19-/m0/s1. The minimum Gasteiger partial charge on any atom is -0.0695 e. The van der Waals surface area contributed by atoms with Crippen molar-refractivity contribution in [1.29, 1.82) is 0 Å².